The second kappa shape index (κ2) is 3.43. The molecule has 0 unspecified atom stereocenters. The molecule has 86 valence electrons. The molecule has 1 N–H and O–H groups in total. The maximum absolute atomic E-state index is 11.8. The lowest BCUT2D eigenvalue weighted by molar-refractivity contribution is -0.150. The van der Waals surface area contributed by atoms with Crippen molar-refractivity contribution in [1.82, 2.24) is 4.90 Å². The van der Waals surface area contributed by atoms with E-state index in [1.807, 2.05) is 0 Å². The van der Waals surface area contributed by atoms with Crippen LogP contribution in [0.3, 0.4) is 0 Å². The highest BCUT2D eigenvalue weighted by molar-refractivity contribution is 6.07. The second-order valence-electron chi connectivity index (χ2n) is 4.40. The number of imide groups is 1. The van der Waals surface area contributed by atoms with Gasteiger partial charge in [-0.05, 0) is 5.92 Å². The topological polar surface area (TPSA) is 74.7 Å². The van der Waals surface area contributed by atoms with Crippen LogP contribution in [0.25, 0.3) is 0 Å². The molecule has 1 fully saturated rings. The summed E-state index contributed by atoms with van der Waals surface area (Å²) in [6.45, 7) is 1.75. The fraction of sp³-hybridized carbons (Fsp3) is 0.545. The Bertz CT molecular complexity index is 401. The normalized spacial score (nSPS) is 37.8. The van der Waals surface area contributed by atoms with Crippen LogP contribution in [0.5, 0.6) is 0 Å². The smallest absolute Gasteiger partial charge is 0.307 e. The highest BCUT2D eigenvalue weighted by Crippen LogP contribution is 2.40. The minimum absolute atomic E-state index is 0.220. The minimum atomic E-state index is -1.01. The van der Waals surface area contributed by atoms with Gasteiger partial charge >= 0.3 is 5.97 Å². The number of carboxylic acid groups (broad SMARTS) is 1. The Morgan fingerprint density at radius 3 is 2.50 bits per heavy atom. The zero-order valence-corrected chi connectivity index (χ0v) is 9.08. The van der Waals surface area contributed by atoms with E-state index in [1.165, 1.54) is 7.05 Å². The number of carboxylic acids is 1. The van der Waals surface area contributed by atoms with Crippen LogP contribution < -0.4 is 0 Å². The van der Waals surface area contributed by atoms with Crippen molar-refractivity contribution in [3.63, 3.8) is 0 Å². The maximum Gasteiger partial charge on any atom is 0.307 e. The van der Waals surface area contributed by atoms with Crippen LogP contribution >= 0.6 is 0 Å². The van der Waals surface area contributed by atoms with Gasteiger partial charge in [-0.1, -0.05) is 19.1 Å². The fourth-order valence-electron chi connectivity index (χ4n) is 2.56. The first-order valence-corrected chi connectivity index (χ1v) is 5.17. The first-order chi connectivity index (χ1) is 7.45. The molecule has 0 aromatic carbocycles. The van der Waals surface area contributed by atoms with E-state index in [4.69, 9.17) is 5.11 Å². The third-order valence-corrected chi connectivity index (χ3v) is 3.48. The van der Waals surface area contributed by atoms with Crippen LogP contribution in [0.4, 0.5) is 0 Å². The van der Waals surface area contributed by atoms with Crippen molar-refractivity contribution >= 4 is 17.8 Å². The molecule has 2 amide bonds. The Labute approximate surface area is 92.7 Å². The average Bonchev–Trinajstić information content (AvgIpc) is 2.43. The molecule has 2 aliphatic rings. The third kappa shape index (κ3) is 1.27. The molecule has 0 saturated carbocycles. The van der Waals surface area contributed by atoms with Gasteiger partial charge in [-0.15, -0.1) is 0 Å². The third-order valence-electron chi connectivity index (χ3n) is 3.48. The van der Waals surface area contributed by atoms with Crippen molar-refractivity contribution in [3.05, 3.63) is 12.2 Å². The van der Waals surface area contributed by atoms with Gasteiger partial charge < -0.3 is 5.11 Å². The van der Waals surface area contributed by atoms with Crippen LogP contribution in [0, 0.1) is 23.7 Å². The van der Waals surface area contributed by atoms with Gasteiger partial charge in [0.25, 0.3) is 0 Å². The van der Waals surface area contributed by atoms with Crippen LogP contribution in [-0.2, 0) is 14.4 Å². The Hall–Kier alpha value is -1.65. The molecule has 2 rings (SSSR count). The molecule has 16 heavy (non-hydrogen) atoms. The number of likely N-dealkylation sites (tertiary alicyclic amines) is 1. The van der Waals surface area contributed by atoms with Gasteiger partial charge in [0.1, 0.15) is 0 Å². The Morgan fingerprint density at radius 1 is 1.31 bits per heavy atom. The quantitative estimate of drug-likeness (QED) is 0.506. The van der Waals surface area contributed by atoms with Gasteiger partial charge in [0, 0.05) is 7.05 Å². The summed E-state index contributed by atoms with van der Waals surface area (Å²) in [6, 6.07) is 0. The minimum Gasteiger partial charge on any atom is -0.481 e. The molecule has 5 nitrogen and oxygen atoms in total. The molecule has 0 bridgehead atoms. The number of carbonyl (C=O) groups is 3. The fourth-order valence-corrected chi connectivity index (χ4v) is 2.56. The van der Waals surface area contributed by atoms with Gasteiger partial charge in [0.15, 0.2) is 0 Å². The van der Waals surface area contributed by atoms with Crippen molar-refractivity contribution in [2.45, 2.75) is 6.92 Å². The summed E-state index contributed by atoms with van der Waals surface area (Å²) >= 11 is 0. The summed E-state index contributed by atoms with van der Waals surface area (Å²) in [5, 5.41) is 9.13. The summed E-state index contributed by atoms with van der Waals surface area (Å²) in [5.74, 6) is -4.02. The summed E-state index contributed by atoms with van der Waals surface area (Å²) in [6.07, 6.45) is 3.38. The highest BCUT2D eigenvalue weighted by Gasteiger charge is 2.53. The molecule has 0 aromatic heterocycles. The van der Waals surface area contributed by atoms with Crippen LogP contribution in [0.15, 0.2) is 12.2 Å². The van der Waals surface area contributed by atoms with Gasteiger partial charge in [-0.2, -0.15) is 0 Å². The van der Waals surface area contributed by atoms with Crippen molar-refractivity contribution in [3.8, 4) is 0 Å². The van der Waals surface area contributed by atoms with Gasteiger partial charge in [-0.25, -0.2) is 0 Å². The number of nitrogens with zero attached hydrogens (tertiary/aromatic N) is 1. The van der Waals surface area contributed by atoms with E-state index in [0.29, 0.717) is 0 Å². The molecule has 1 heterocycles. The number of hydrogen-bond donors (Lipinski definition) is 1. The number of carbonyl (C=O) groups excluding carboxylic acids is 2. The van der Waals surface area contributed by atoms with Gasteiger partial charge in [0.05, 0.1) is 17.8 Å². The molecule has 4 atom stereocenters. The second-order valence-corrected chi connectivity index (χ2v) is 4.40. The van der Waals surface area contributed by atoms with E-state index >= 15 is 0 Å². The molecular formula is C11H13NO4. The zero-order valence-electron chi connectivity index (χ0n) is 9.08. The zero-order chi connectivity index (χ0) is 12.0. The molecule has 0 spiro atoms. The number of fused-ring (bicyclic) bond motifs is 1. The molecule has 1 aliphatic carbocycles. The number of amides is 2. The molecular weight excluding hydrogens is 210 g/mol. The largest absolute Gasteiger partial charge is 0.481 e. The predicted octanol–water partition coefficient (Wildman–Crippen LogP) is 0.124. The molecule has 1 saturated heterocycles. The van der Waals surface area contributed by atoms with Crippen molar-refractivity contribution in [1.29, 1.82) is 0 Å². The lowest BCUT2D eigenvalue weighted by Crippen LogP contribution is -2.38. The molecule has 0 radical (unpaired) electrons. The number of hydrogen-bond acceptors (Lipinski definition) is 3. The van der Waals surface area contributed by atoms with Crippen LogP contribution in [-0.4, -0.2) is 34.8 Å². The lowest BCUT2D eigenvalue weighted by Gasteiger charge is -2.28. The standard InChI is InChI=1S/C11H13NO4/c1-5-3-4-6-8(7(5)11(15)16)10(14)12(2)9(6)13/h3-8H,1-2H3,(H,15,16)/t5-,6-,7-,8+/m1/s1. The first-order valence-electron chi connectivity index (χ1n) is 5.17. The summed E-state index contributed by atoms with van der Waals surface area (Å²) in [7, 11) is 1.40. The van der Waals surface area contributed by atoms with Crippen LogP contribution in [0.1, 0.15) is 6.92 Å². The number of rotatable bonds is 1. The lowest BCUT2D eigenvalue weighted by atomic mass is 9.72. The summed E-state index contributed by atoms with van der Waals surface area (Å²) in [5.41, 5.74) is 0. The number of aliphatic carboxylic acids is 1. The van der Waals surface area contributed by atoms with Gasteiger partial charge in [-0.3, -0.25) is 19.3 Å². The van der Waals surface area contributed by atoms with E-state index in [9.17, 15) is 14.4 Å². The Kier molecular flexibility index (Phi) is 2.33. The maximum atomic E-state index is 11.8. The first kappa shape index (κ1) is 10.9. The van der Waals surface area contributed by atoms with Crippen molar-refractivity contribution < 1.29 is 19.5 Å². The highest BCUT2D eigenvalue weighted by atomic mass is 16.4. The Morgan fingerprint density at radius 2 is 1.94 bits per heavy atom. The van der Waals surface area contributed by atoms with E-state index in [1.54, 1.807) is 19.1 Å². The van der Waals surface area contributed by atoms with E-state index in [-0.39, 0.29) is 17.7 Å². The molecule has 5 heteroatoms. The summed E-state index contributed by atoms with van der Waals surface area (Å²) in [4.78, 5) is 35.7. The average molecular weight is 223 g/mol. The van der Waals surface area contributed by atoms with E-state index in [2.05, 4.69) is 0 Å². The molecule has 0 aromatic rings. The molecule has 1 aliphatic heterocycles. The van der Waals surface area contributed by atoms with Crippen molar-refractivity contribution in [2.24, 2.45) is 23.7 Å². The number of allylic oxidation sites excluding steroid dienone is 1. The predicted molar refractivity (Wildman–Crippen MR) is 54.2 cm³/mol. The SMILES string of the molecule is C[C@@H]1C=C[C@H]2C(=O)N(C)C(=O)[C@@H]2[C@@H]1C(=O)O. The van der Waals surface area contributed by atoms with Crippen LogP contribution in [0.2, 0.25) is 0 Å². The van der Waals surface area contributed by atoms with Crippen molar-refractivity contribution in [2.75, 3.05) is 7.05 Å². The Balaban J connectivity index is 2.44. The monoisotopic (exact) mass is 223 g/mol. The van der Waals surface area contributed by atoms with E-state index < -0.39 is 23.7 Å². The van der Waals surface area contributed by atoms with Gasteiger partial charge in [0.2, 0.25) is 11.8 Å². The van der Waals surface area contributed by atoms with E-state index in [0.717, 1.165) is 4.90 Å². The summed E-state index contributed by atoms with van der Waals surface area (Å²) < 4.78 is 0.